The summed E-state index contributed by atoms with van der Waals surface area (Å²) in [5.74, 6) is 3.28. The molecule has 0 aromatic rings. The molecule has 4 rings (SSSR count). The fourth-order valence-electron chi connectivity index (χ4n) is 7.04. The van der Waals surface area contributed by atoms with Gasteiger partial charge in [-0.2, -0.15) is 0 Å². The minimum atomic E-state index is -0.691. The third-order valence-corrected chi connectivity index (χ3v) is 8.20. The van der Waals surface area contributed by atoms with Gasteiger partial charge in [0.05, 0.1) is 18.5 Å². The van der Waals surface area contributed by atoms with Crippen LogP contribution in [-0.2, 0) is 4.74 Å². The van der Waals surface area contributed by atoms with E-state index in [0.29, 0.717) is 5.92 Å². The lowest BCUT2D eigenvalue weighted by Gasteiger charge is -2.54. The second-order valence-corrected chi connectivity index (χ2v) is 8.66. The predicted molar refractivity (Wildman–Crippen MR) is 101 cm³/mol. The molecule has 4 aliphatic rings. The quantitative estimate of drug-likeness (QED) is 0.557. The summed E-state index contributed by atoms with van der Waals surface area (Å²) < 4.78 is 5.51. The number of rotatable bonds is 3. The summed E-state index contributed by atoms with van der Waals surface area (Å²) in [4.78, 5) is 0. The zero-order chi connectivity index (χ0) is 17.7. The van der Waals surface area contributed by atoms with Crippen LogP contribution in [0.4, 0.5) is 0 Å². The molecule has 2 heteroatoms. The van der Waals surface area contributed by atoms with Crippen LogP contribution in [0.5, 0.6) is 0 Å². The minimum absolute atomic E-state index is 0.0408. The molecule has 2 nitrogen and oxygen atoms in total. The van der Waals surface area contributed by atoms with Crippen molar-refractivity contribution >= 4 is 0 Å². The molecular weight excluding hydrogens is 308 g/mol. The van der Waals surface area contributed by atoms with E-state index >= 15 is 0 Å². The van der Waals surface area contributed by atoms with Gasteiger partial charge in [0.15, 0.2) is 0 Å². The van der Waals surface area contributed by atoms with Gasteiger partial charge < -0.3 is 9.84 Å². The monoisotopic (exact) mass is 340 g/mol. The zero-order valence-electron chi connectivity index (χ0n) is 15.8. The van der Waals surface area contributed by atoms with Gasteiger partial charge in [-0.15, -0.1) is 5.73 Å². The molecule has 0 spiro atoms. The maximum absolute atomic E-state index is 11.4. The summed E-state index contributed by atoms with van der Waals surface area (Å²) in [5.41, 5.74) is 5.64. The number of methoxy groups -OCH3 is 1. The van der Waals surface area contributed by atoms with Gasteiger partial charge in [0, 0.05) is 11.8 Å². The van der Waals surface area contributed by atoms with E-state index < -0.39 is 5.60 Å². The summed E-state index contributed by atoms with van der Waals surface area (Å²) >= 11 is 0. The molecule has 2 fully saturated rings. The maximum Gasteiger partial charge on any atom is 0.0959 e. The van der Waals surface area contributed by atoms with Gasteiger partial charge in [0.1, 0.15) is 0 Å². The van der Waals surface area contributed by atoms with Crippen molar-refractivity contribution < 1.29 is 9.84 Å². The van der Waals surface area contributed by atoms with Gasteiger partial charge in [-0.25, -0.2) is 0 Å². The largest absolute Gasteiger partial charge is 0.501 e. The van der Waals surface area contributed by atoms with Crippen molar-refractivity contribution in [1.29, 1.82) is 0 Å². The number of fused-ring (bicyclic) bond motifs is 4. The van der Waals surface area contributed by atoms with E-state index in [9.17, 15) is 5.11 Å². The second-order valence-electron chi connectivity index (χ2n) is 8.66. The van der Waals surface area contributed by atoms with E-state index in [1.54, 1.807) is 18.3 Å². The lowest BCUT2D eigenvalue weighted by Crippen LogP contribution is -2.52. The highest BCUT2D eigenvalue weighted by molar-refractivity contribution is 5.33. The Morgan fingerprint density at radius 2 is 2.20 bits per heavy atom. The predicted octanol–water partition coefficient (Wildman–Crippen LogP) is 5.31. The molecule has 5 atom stereocenters. The van der Waals surface area contributed by atoms with Gasteiger partial charge in [-0.1, -0.05) is 24.6 Å². The van der Waals surface area contributed by atoms with Crippen molar-refractivity contribution in [3.8, 4) is 0 Å². The fraction of sp³-hybridized carbons (Fsp3) is 0.696. The van der Waals surface area contributed by atoms with Crippen molar-refractivity contribution in [1.82, 2.24) is 0 Å². The summed E-state index contributed by atoms with van der Waals surface area (Å²) in [5, 5.41) is 11.4. The summed E-state index contributed by atoms with van der Waals surface area (Å²) in [7, 11) is 1.80. The van der Waals surface area contributed by atoms with Crippen molar-refractivity contribution in [2.75, 3.05) is 7.11 Å². The molecule has 2 saturated carbocycles. The average molecular weight is 341 g/mol. The van der Waals surface area contributed by atoms with Crippen LogP contribution in [-0.4, -0.2) is 17.8 Å². The van der Waals surface area contributed by atoms with Gasteiger partial charge >= 0.3 is 0 Å². The first kappa shape index (κ1) is 17.2. The molecule has 0 heterocycles. The van der Waals surface area contributed by atoms with Crippen LogP contribution >= 0.6 is 0 Å². The molecule has 0 amide bonds. The molecule has 0 unspecified atom stereocenters. The van der Waals surface area contributed by atoms with E-state index in [1.165, 1.54) is 19.3 Å². The third kappa shape index (κ3) is 2.34. The standard InChI is InChI=1S/C23H32O2/c1-4-12-23(24)14-11-21-20-8-6-16-15-17(25-3)7-9-18(16)19(20)10-13-22(21,23)5-2/h7,12,19-21,24H,1,5-6,8-11,13-15H2,2-3H3/t19-,20-,21+,22+,23+/m1/s1. The van der Waals surface area contributed by atoms with Crippen molar-refractivity contribution in [3.05, 3.63) is 41.4 Å². The normalized spacial score (nSPS) is 42.7. The lowest BCUT2D eigenvalue weighted by atomic mass is 9.51. The zero-order valence-corrected chi connectivity index (χ0v) is 15.8. The second kappa shape index (κ2) is 6.18. The molecule has 0 bridgehead atoms. The fourth-order valence-corrected chi connectivity index (χ4v) is 7.04. The van der Waals surface area contributed by atoms with Crippen molar-refractivity contribution in [3.63, 3.8) is 0 Å². The van der Waals surface area contributed by atoms with E-state index in [2.05, 4.69) is 25.3 Å². The minimum Gasteiger partial charge on any atom is -0.501 e. The van der Waals surface area contributed by atoms with Gasteiger partial charge in [-0.05, 0) is 81.3 Å². The molecule has 1 N–H and O–H groups in total. The Balaban J connectivity index is 1.65. The molecule has 0 saturated heterocycles. The average Bonchev–Trinajstić information content (AvgIpc) is 2.94. The van der Waals surface area contributed by atoms with Crippen molar-refractivity contribution in [2.45, 2.75) is 70.3 Å². The topological polar surface area (TPSA) is 29.5 Å². The highest BCUT2D eigenvalue weighted by Crippen LogP contribution is 2.66. The molecule has 0 aliphatic heterocycles. The first-order valence-electron chi connectivity index (χ1n) is 10.1. The Labute approximate surface area is 152 Å². The molecule has 0 radical (unpaired) electrons. The Morgan fingerprint density at radius 1 is 1.36 bits per heavy atom. The molecule has 4 aliphatic carbocycles. The van der Waals surface area contributed by atoms with E-state index in [4.69, 9.17) is 4.74 Å². The first-order chi connectivity index (χ1) is 12.1. The van der Waals surface area contributed by atoms with Crippen LogP contribution in [0.25, 0.3) is 0 Å². The van der Waals surface area contributed by atoms with Gasteiger partial charge in [0.2, 0.25) is 0 Å². The Bertz CT molecular complexity index is 666. The highest BCUT2D eigenvalue weighted by Gasteiger charge is 2.62. The molecule has 136 valence electrons. The first-order valence-corrected chi connectivity index (χ1v) is 10.1. The summed E-state index contributed by atoms with van der Waals surface area (Å²) in [6.45, 7) is 6.04. The maximum atomic E-state index is 11.4. The molecular formula is C23H32O2. The smallest absolute Gasteiger partial charge is 0.0959 e. The SMILES string of the molecule is C=C=C[C@]1(O)CC[C@H]2[C@@H]3CCC4=C(CC=C(OC)C4)[C@H]3CC[C@@]21CC. The number of hydrogen-bond acceptors (Lipinski definition) is 2. The van der Waals surface area contributed by atoms with E-state index in [0.717, 1.165) is 56.1 Å². The van der Waals surface area contributed by atoms with Crippen molar-refractivity contribution in [2.24, 2.45) is 23.2 Å². The van der Waals surface area contributed by atoms with Crippen LogP contribution in [0.2, 0.25) is 0 Å². The van der Waals surface area contributed by atoms with Crippen LogP contribution in [0.1, 0.15) is 64.7 Å². The molecule has 0 aromatic carbocycles. The van der Waals surface area contributed by atoms with Crippen LogP contribution in [0.15, 0.2) is 41.4 Å². The number of allylic oxidation sites excluding steroid dienone is 3. The Kier molecular flexibility index (Phi) is 4.25. The van der Waals surface area contributed by atoms with Gasteiger partial charge in [-0.3, -0.25) is 0 Å². The highest BCUT2D eigenvalue weighted by atomic mass is 16.5. The third-order valence-electron chi connectivity index (χ3n) is 8.20. The lowest BCUT2D eigenvalue weighted by molar-refractivity contribution is -0.0911. The molecule has 25 heavy (non-hydrogen) atoms. The van der Waals surface area contributed by atoms with Gasteiger partial charge in [0.25, 0.3) is 0 Å². The summed E-state index contributed by atoms with van der Waals surface area (Å²) in [6.07, 6.45) is 14.3. The van der Waals surface area contributed by atoms with E-state index in [-0.39, 0.29) is 5.41 Å². The van der Waals surface area contributed by atoms with E-state index in [1.807, 2.05) is 6.08 Å². The van der Waals surface area contributed by atoms with Crippen LogP contribution < -0.4 is 0 Å². The number of aliphatic hydroxyl groups is 1. The van der Waals surface area contributed by atoms with Crippen LogP contribution in [0.3, 0.4) is 0 Å². The molecule has 0 aromatic heterocycles. The Hall–Kier alpha value is -1.24. The summed E-state index contributed by atoms with van der Waals surface area (Å²) in [6, 6.07) is 0. The number of ether oxygens (including phenoxy) is 1. The van der Waals surface area contributed by atoms with Crippen LogP contribution in [0, 0.1) is 23.2 Å². The Morgan fingerprint density at radius 3 is 2.92 bits per heavy atom. The number of hydrogen-bond donors (Lipinski definition) is 1.